The predicted molar refractivity (Wildman–Crippen MR) is 49.3 cm³/mol. The summed E-state index contributed by atoms with van der Waals surface area (Å²) in [6.45, 7) is 2.74. The van der Waals surface area contributed by atoms with E-state index in [1.165, 1.54) is 0 Å². The van der Waals surface area contributed by atoms with E-state index in [0.717, 1.165) is 6.61 Å². The molecule has 44 valence electrons. The van der Waals surface area contributed by atoms with Crippen LogP contribution in [0.15, 0.2) is 0 Å². The van der Waals surface area contributed by atoms with Crippen LogP contribution in [-0.2, 0) is 4.43 Å². The van der Waals surface area contributed by atoms with Crippen LogP contribution in [0, 0.1) is 0 Å². The maximum absolute atomic E-state index is 5.19. The predicted octanol–water partition coefficient (Wildman–Crippen LogP) is 2.68. The molecule has 0 rings (SSSR count). The Kier molecular flexibility index (Phi) is 4.83. The lowest BCUT2D eigenvalue weighted by molar-refractivity contribution is 0.367. The van der Waals surface area contributed by atoms with Gasteiger partial charge in [-0.1, -0.05) is 52.4 Å². The second-order valence-corrected chi connectivity index (χ2v) is 25.4. The van der Waals surface area contributed by atoms with Crippen LogP contribution in [0.3, 0.4) is 0 Å². The van der Waals surface area contributed by atoms with Gasteiger partial charge in [0, 0.05) is 6.61 Å². The standard InChI is InChI=1S/C2H5Br2IOSi/c1-2-6-7(3,4)5/h2H2,1H3. The highest BCUT2D eigenvalue weighted by Crippen LogP contribution is 2.28. The minimum atomic E-state index is -1.56. The van der Waals surface area contributed by atoms with E-state index in [1.807, 2.05) is 6.92 Å². The third-order valence-electron chi connectivity index (χ3n) is 0.308. The molecule has 0 amide bonds. The monoisotopic (exact) mass is 358 g/mol. The first-order chi connectivity index (χ1) is 3.06. The molecule has 0 saturated heterocycles. The average Bonchev–Trinajstić information content (AvgIpc) is 1.30. The summed E-state index contributed by atoms with van der Waals surface area (Å²) >= 11 is 8.94. The summed E-state index contributed by atoms with van der Waals surface area (Å²) in [7, 11) is 0. The Morgan fingerprint density at radius 3 is 2.14 bits per heavy atom. The molecule has 0 heterocycles. The SMILES string of the molecule is CCO[Si](Br)(Br)I. The van der Waals surface area contributed by atoms with Crippen molar-refractivity contribution in [1.82, 2.24) is 0 Å². The van der Waals surface area contributed by atoms with Gasteiger partial charge in [0.2, 0.25) is 0 Å². The van der Waals surface area contributed by atoms with Crippen molar-refractivity contribution in [2.24, 2.45) is 0 Å². The van der Waals surface area contributed by atoms with Crippen molar-refractivity contribution in [3.8, 4) is 0 Å². The number of hydrogen-bond donors (Lipinski definition) is 0. The van der Waals surface area contributed by atoms with Crippen molar-refractivity contribution >= 4 is 55.4 Å². The largest absolute Gasteiger partial charge is 0.403 e. The van der Waals surface area contributed by atoms with Crippen molar-refractivity contribution < 1.29 is 4.43 Å². The molecule has 0 radical (unpaired) electrons. The zero-order chi connectivity index (χ0) is 5.91. The summed E-state index contributed by atoms with van der Waals surface area (Å²) in [5, 5.41) is 0. The van der Waals surface area contributed by atoms with E-state index in [4.69, 9.17) is 4.43 Å². The summed E-state index contributed by atoms with van der Waals surface area (Å²) in [6, 6.07) is 0. The molecular formula is C2H5Br2IOSi. The molecule has 0 aromatic carbocycles. The van der Waals surface area contributed by atoms with Gasteiger partial charge in [-0.3, -0.25) is 0 Å². The van der Waals surface area contributed by atoms with Gasteiger partial charge in [-0.25, -0.2) is 0 Å². The van der Waals surface area contributed by atoms with Crippen LogP contribution >= 0.6 is 52.4 Å². The minimum Gasteiger partial charge on any atom is -0.392 e. The molecule has 0 unspecified atom stereocenters. The smallest absolute Gasteiger partial charge is 0.392 e. The molecule has 0 fully saturated rings. The normalized spacial score (nSPS) is 12.0. The van der Waals surface area contributed by atoms with E-state index in [-0.39, 0.29) is 0 Å². The van der Waals surface area contributed by atoms with Gasteiger partial charge in [0.05, 0.1) is 0 Å². The van der Waals surface area contributed by atoms with Crippen LogP contribution in [0.4, 0.5) is 0 Å². The summed E-state index contributed by atoms with van der Waals surface area (Å²) in [6.07, 6.45) is 0. The fourth-order valence-electron chi connectivity index (χ4n) is 0.164. The van der Waals surface area contributed by atoms with Crippen molar-refractivity contribution in [3.05, 3.63) is 0 Å². The van der Waals surface area contributed by atoms with E-state index in [1.54, 1.807) is 0 Å². The van der Waals surface area contributed by atoms with Gasteiger partial charge in [-0.05, 0) is 6.92 Å². The third-order valence-corrected chi connectivity index (χ3v) is 3.23. The summed E-state index contributed by atoms with van der Waals surface area (Å²) in [5.74, 6) is 0. The molecule has 0 aliphatic heterocycles. The van der Waals surface area contributed by atoms with Gasteiger partial charge in [-0.15, -0.1) is 0 Å². The van der Waals surface area contributed by atoms with E-state index < -0.39 is 3.05 Å². The van der Waals surface area contributed by atoms with Gasteiger partial charge < -0.3 is 4.43 Å². The Balaban J connectivity index is 3.15. The Labute approximate surface area is 72.7 Å². The molecule has 0 saturated carbocycles. The van der Waals surface area contributed by atoms with E-state index >= 15 is 0 Å². The quantitative estimate of drug-likeness (QED) is 0.418. The summed E-state index contributed by atoms with van der Waals surface area (Å²) in [4.78, 5) is 0. The zero-order valence-electron chi connectivity index (χ0n) is 3.75. The maximum Gasteiger partial charge on any atom is 0.403 e. The topological polar surface area (TPSA) is 9.23 Å². The molecule has 0 aromatic heterocycles. The van der Waals surface area contributed by atoms with Crippen molar-refractivity contribution in [1.29, 1.82) is 0 Å². The van der Waals surface area contributed by atoms with Crippen LogP contribution < -0.4 is 0 Å². The first kappa shape index (κ1) is 8.87. The maximum atomic E-state index is 5.19. The molecule has 5 heteroatoms. The fraction of sp³-hybridized carbons (Fsp3) is 1.00. The molecule has 0 aliphatic rings. The molecule has 1 nitrogen and oxygen atoms in total. The number of rotatable bonds is 2. The highest BCUT2D eigenvalue weighted by atomic mass is 127. The summed E-state index contributed by atoms with van der Waals surface area (Å²) in [5.41, 5.74) is 0. The second-order valence-electron chi connectivity index (χ2n) is 0.879. The fourth-order valence-corrected chi connectivity index (χ4v) is 2.80. The van der Waals surface area contributed by atoms with E-state index in [2.05, 4.69) is 52.4 Å². The first-order valence-corrected chi connectivity index (χ1v) is 11.3. The minimum absolute atomic E-state index is 0.770. The molecule has 0 N–H and O–H groups in total. The molecular weight excluding hydrogens is 355 g/mol. The Bertz CT molecular complexity index is 54.1. The van der Waals surface area contributed by atoms with Gasteiger partial charge in [0.25, 0.3) is 0 Å². The van der Waals surface area contributed by atoms with Crippen molar-refractivity contribution in [3.63, 3.8) is 0 Å². The zero-order valence-corrected chi connectivity index (χ0v) is 10.1. The molecule has 0 aliphatic carbocycles. The van der Waals surface area contributed by atoms with Crippen LogP contribution in [0.5, 0.6) is 0 Å². The Morgan fingerprint density at radius 1 is 1.71 bits per heavy atom. The number of halogens is 3. The second kappa shape index (κ2) is 3.81. The van der Waals surface area contributed by atoms with Crippen LogP contribution in [0.25, 0.3) is 0 Å². The number of hydrogen-bond acceptors (Lipinski definition) is 1. The van der Waals surface area contributed by atoms with Gasteiger partial charge in [0.1, 0.15) is 0 Å². The van der Waals surface area contributed by atoms with Crippen molar-refractivity contribution in [2.45, 2.75) is 6.92 Å². The van der Waals surface area contributed by atoms with Crippen LogP contribution in [0.1, 0.15) is 6.92 Å². The lowest BCUT2D eigenvalue weighted by Gasteiger charge is -2.06. The molecule has 0 spiro atoms. The van der Waals surface area contributed by atoms with Crippen LogP contribution in [-0.4, -0.2) is 9.66 Å². The summed E-state index contributed by atoms with van der Waals surface area (Å²) < 4.78 is 3.63. The Hall–Kier alpha value is 1.87. The van der Waals surface area contributed by atoms with Crippen LogP contribution in [0.2, 0.25) is 0 Å². The highest BCUT2D eigenvalue weighted by molar-refractivity contribution is 14.1. The molecule has 0 aromatic rings. The van der Waals surface area contributed by atoms with Crippen molar-refractivity contribution in [2.75, 3.05) is 6.61 Å². The average molecular weight is 360 g/mol. The Morgan fingerprint density at radius 2 is 2.14 bits per heavy atom. The van der Waals surface area contributed by atoms with E-state index in [0.29, 0.717) is 0 Å². The molecule has 0 bridgehead atoms. The van der Waals surface area contributed by atoms with Gasteiger partial charge in [-0.2, -0.15) is 0 Å². The van der Waals surface area contributed by atoms with E-state index in [9.17, 15) is 0 Å². The lowest BCUT2D eigenvalue weighted by atomic mass is 10.9. The van der Waals surface area contributed by atoms with Gasteiger partial charge >= 0.3 is 3.05 Å². The lowest BCUT2D eigenvalue weighted by Crippen LogP contribution is -2.12. The molecule has 7 heavy (non-hydrogen) atoms. The highest BCUT2D eigenvalue weighted by Gasteiger charge is 2.22. The molecule has 0 atom stereocenters. The third kappa shape index (κ3) is 7.87. The first-order valence-electron chi connectivity index (χ1n) is 1.77. The van der Waals surface area contributed by atoms with Gasteiger partial charge in [0.15, 0.2) is 0 Å².